The van der Waals surface area contributed by atoms with Gasteiger partial charge < -0.3 is 9.47 Å². The molecule has 2 unspecified atom stereocenters. The van der Waals surface area contributed by atoms with Crippen LogP contribution in [0.1, 0.15) is 28.2 Å². The number of benzene rings is 10. The van der Waals surface area contributed by atoms with Crippen molar-refractivity contribution < 1.29 is 0 Å². The van der Waals surface area contributed by atoms with Crippen LogP contribution in [0.25, 0.3) is 60.2 Å². The molecule has 1 aromatic heterocycles. The van der Waals surface area contributed by atoms with Crippen molar-refractivity contribution in [2.75, 3.05) is 4.90 Å². The molecule has 0 aliphatic heterocycles. The van der Waals surface area contributed by atoms with Gasteiger partial charge in [0.05, 0.1) is 16.4 Å². The first-order valence-electron chi connectivity index (χ1n) is 22.8. The van der Waals surface area contributed by atoms with Crippen LogP contribution in [0.4, 0.5) is 17.1 Å². The summed E-state index contributed by atoms with van der Waals surface area (Å²) in [6.07, 6.45) is 7.56. The third kappa shape index (κ3) is 5.67. The van der Waals surface area contributed by atoms with Crippen LogP contribution in [0.5, 0.6) is 0 Å². The molecule has 2 atom stereocenters. The molecule has 0 saturated carbocycles. The maximum Gasteiger partial charge on any atom is 0.0625 e. The Labute approximate surface area is 379 Å². The second kappa shape index (κ2) is 15.0. The second-order valence-electron chi connectivity index (χ2n) is 17.6. The van der Waals surface area contributed by atoms with Crippen LogP contribution in [0.3, 0.4) is 0 Å². The summed E-state index contributed by atoms with van der Waals surface area (Å²) in [5.41, 5.74) is 14.4. The largest absolute Gasteiger partial charge is 0.310 e. The van der Waals surface area contributed by atoms with Crippen molar-refractivity contribution in [1.82, 2.24) is 4.57 Å². The van der Waals surface area contributed by atoms with E-state index < -0.39 is 0 Å². The Morgan fingerprint density at radius 3 is 1.63 bits per heavy atom. The van der Waals surface area contributed by atoms with Crippen LogP contribution in [-0.4, -0.2) is 4.57 Å². The molecule has 0 spiro atoms. The van der Waals surface area contributed by atoms with Gasteiger partial charge in [-0.1, -0.05) is 206 Å². The highest BCUT2D eigenvalue weighted by molar-refractivity contribution is 6.32. The Balaban J connectivity index is 1.06. The van der Waals surface area contributed by atoms with Gasteiger partial charge in [0.2, 0.25) is 0 Å². The monoisotopic (exact) mass is 828 g/mol. The molecule has 306 valence electrons. The molecule has 2 aliphatic rings. The summed E-state index contributed by atoms with van der Waals surface area (Å²) in [5, 5.41) is 7.63. The predicted octanol–water partition coefficient (Wildman–Crippen LogP) is 16.4. The molecule has 0 saturated heterocycles. The van der Waals surface area contributed by atoms with Gasteiger partial charge in [-0.2, -0.15) is 0 Å². The van der Waals surface area contributed by atoms with E-state index in [4.69, 9.17) is 0 Å². The van der Waals surface area contributed by atoms with Crippen molar-refractivity contribution >= 4 is 66.1 Å². The first kappa shape index (κ1) is 37.4. The van der Waals surface area contributed by atoms with E-state index in [1.807, 2.05) is 0 Å². The fourth-order valence-electron chi connectivity index (χ4n) is 11.7. The first-order valence-corrected chi connectivity index (χ1v) is 22.8. The van der Waals surface area contributed by atoms with Crippen LogP contribution < -0.4 is 4.90 Å². The Bertz CT molecular complexity index is 3580. The van der Waals surface area contributed by atoms with Crippen LogP contribution in [-0.2, 0) is 5.41 Å². The van der Waals surface area contributed by atoms with E-state index in [1.165, 1.54) is 82.4 Å². The van der Waals surface area contributed by atoms with Gasteiger partial charge in [0.25, 0.3) is 0 Å². The molecular formula is C63H44N2. The van der Waals surface area contributed by atoms with E-state index in [9.17, 15) is 0 Å². The summed E-state index contributed by atoms with van der Waals surface area (Å²) in [6, 6.07) is 87.1. The van der Waals surface area contributed by atoms with E-state index >= 15 is 0 Å². The number of rotatable bonds is 7. The summed E-state index contributed by atoms with van der Waals surface area (Å²) >= 11 is 0. The molecule has 2 heteroatoms. The highest BCUT2D eigenvalue weighted by Crippen LogP contribution is 2.60. The van der Waals surface area contributed by atoms with Crippen molar-refractivity contribution in [2.24, 2.45) is 5.92 Å². The summed E-state index contributed by atoms with van der Waals surface area (Å²) in [7, 11) is 0. The van der Waals surface area contributed by atoms with Gasteiger partial charge >= 0.3 is 0 Å². The summed E-state index contributed by atoms with van der Waals surface area (Å²) in [4.78, 5) is 2.34. The lowest BCUT2D eigenvalue weighted by molar-refractivity contribution is 0.457. The Kier molecular flexibility index (Phi) is 8.60. The van der Waals surface area contributed by atoms with E-state index in [-0.39, 0.29) is 17.3 Å². The molecule has 0 bridgehead atoms. The summed E-state index contributed by atoms with van der Waals surface area (Å²) in [6.45, 7) is 0. The number of aromatic nitrogens is 1. The lowest BCUT2D eigenvalue weighted by Gasteiger charge is -2.39. The fraction of sp³-hybridized carbons (Fsp3) is 0.0476. The smallest absolute Gasteiger partial charge is 0.0625 e. The van der Waals surface area contributed by atoms with Gasteiger partial charge in [-0.3, -0.25) is 0 Å². The van der Waals surface area contributed by atoms with Crippen molar-refractivity contribution in [2.45, 2.75) is 11.3 Å². The average molecular weight is 829 g/mol. The number of hydrogen-bond donors (Lipinski definition) is 0. The van der Waals surface area contributed by atoms with Crippen LogP contribution >= 0.6 is 0 Å². The van der Waals surface area contributed by atoms with Crippen molar-refractivity contribution in [3.8, 4) is 11.1 Å². The molecular weight excluding hydrogens is 785 g/mol. The zero-order valence-electron chi connectivity index (χ0n) is 35.8. The maximum absolute atomic E-state index is 2.59. The highest BCUT2D eigenvalue weighted by atomic mass is 15.1. The number of allylic oxidation sites excluding steroid dienone is 4. The number of hydrogen-bond acceptors (Lipinski definition) is 1. The van der Waals surface area contributed by atoms with E-state index in [2.05, 4.69) is 264 Å². The number of fused-ring (bicyclic) bond motifs is 11. The average Bonchev–Trinajstić information content (AvgIpc) is 3.89. The third-order valence-electron chi connectivity index (χ3n) is 14.3. The molecule has 2 aliphatic carbocycles. The number of para-hydroxylation sites is 2. The SMILES string of the molecule is C1=CC2C(C=C1n1c3cc(-c4cccc(N(c5ccccc5)c5ccccc5)c4)ccc3c3c4ccccc4c4ccccc4c31)c1ccccc1C2(c1ccccc1)c1ccccc1. The quantitative estimate of drug-likeness (QED) is 0.145. The van der Waals surface area contributed by atoms with Gasteiger partial charge in [-0.15, -0.1) is 0 Å². The van der Waals surface area contributed by atoms with Crippen molar-refractivity contribution in [1.29, 1.82) is 0 Å². The molecule has 0 fully saturated rings. The van der Waals surface area contributed by atoms with Gasteiger partial charge in [-0.25, -0.2) is 0 Å². The minimum atomic E-state index is -0.350. The Morgan fingerprint density at radius 1 is 0.415 bits per heavy atom. The van der Waals surface area contributed by atoms with Gasteiger partial charge in [0.1, 0.15) is 0 Å². The fourth-order valence-corrected chi connectivity index (χ4v) is 11.7. The lowest BCUT2D eigenvalue weighted by atomic mass is 9.63. The molecule has 0 N–H and O–H groups in total. The molecule has 65 heavy (non-hydrogen) atoms. The number of anilines is 3. The molecule has 0 amide bonds. The van der Waals surface area contributed by atoms with E-state index in [1.54, 1.807) is 0 Å². The maximum atomic E-state index is 2.59. The minimum Gasteiger partial charge on any atom is -0.310 e. The topological polar surface area (TPSA) is 8.17 Å². The van der Waals surface area contributed by atoms with Crippen molar-refractivity contribution in [3.63, 3.8) is 0 Å². The highest BCUT2D eigenvalue weighted by Gasteiger charge is 2.53. The van der Waals surface area contributed by atoms with Gasteiger partial charge in [0, 0.05) is 50.8 Å². The number of nitrogens with zero attached hydrogens (tertiary/aromatic N) is 2. The zero-order valence-corrected chi connectivity index (χ0v) is 35.8. The zero-order chi connectivity index (χ0) is 42.9. The van der Waals surface area contributed by atoms with Crippen LogP contribution in [0.15, 0.2) is 255 Å². The van der Waals surface area contributed by atoms with Crippen LogP contribution in [0.2, 0.25) is 0 Å². The second-order valence-corrected chi connectivity index (χ2v) is 17.6. The van der Waals surface area contributed by atoms with E-state index in [0.29, 0.717) is 0 Å². The molecule has 10 aromatic carbocycles. The predicted molar refractivity (Wildman–Crippen MR) is 273 cm³/mol. The Morgan fingerprint density at radius 2 is 0.954 bits per heavy atom. The molecule has 13 rings (SSSR count). The molecule has 2 nitrogen and oxygen atoms in total. The molecule has 1 heterocycles. The lowest BCUT2D eigenvalue weighted by Crippen LogP contribution is -2.35. The first-order chi connectivity index (χ1) is 32.3. The van der Waals surface area contributed by atoms with Crippen LogP contribution in [0, 0.1) is 5.92 Å². The minimum absolute atomic E-state index is 0.146. The summed E-state index contributed by atoms with van der Waals surface area (Å²) < 4.78 is 2.59. The standard InChI is InChI=1S/C63H44N2/c1-5-21-45(22-6-1)63(46-23-7-2-8-24-46)58-35-18-17-32-53(58)57-42-50(37-39-59(57)63)65-60-41-44(36-38-56(60)61-54-33-15-13-30-51(54)52-31-14-16-34-55(52)62(61)65)43-20-19-29-49(40-43)64(47-25-9-3-10-26-47)48-27-11-4-12-28-48/h1-42,57,59H. The summed E-state index contributed by atoms with van der Waals surface area (Å²) in [5.74, 6) is 0.322. The third-order valence-corrected chi connectivity index (χ3v) is 14.3. The molecule has 11 aromatic rings. The molecule has 0 radical (unpaired) electrons. The Hall–Kier alpha value is -8.20. The van der Waals surface area contributed by atoms with E-state index in [0.717, 1.165) is 17.1 Å². The van der Waals surface area contributed by atoms with Gasteiger partial charge in [-0.05, 0) is 98.1 Å². The normalized spacial score (nSPS) is 16.2. The van der Waals surface area contributed by atoms with Crippen molar-refractivity contribution in [3.05, 3.63) is 277 Å². The van der Waals surface area contributed by atoms with Gasteiger partial charge in [0.15, 0.2) is 0 Å².